The average molecular weight is 715 g/mol. The van der Waals surface area contributed by atoms with Crippen molar-refractivity contribution in [3.05, 3.63) is 114 Å². The largest absolute Gasteiger partial charge is 0.393 e. The van der Waals surface area contributed by atoms with Crippen LogP contribution in [-0.4, -0.2) is 65.4 Å². The molecular formula is C46H54N2O5. The summed E-state index contributed by atoms with van der Waals surface area (Å²) in [6.07, 6.45) is 12.4. The van der Waals surface area contributed by atoms with E-state index in [9.17, 15) is 15.0 Å². The summed E-state index contributed by atoms with van der Waals surface area (Å²) in [5.74, 6) is 0.206. The normalized spacial score (nSPS) is 35.1. The van der Waals surface area contributed by atoms with Gasteiger partial charge in [-0.2, -0.15) is 0 Å². The SMILES string of the molecule is COCCCN(C[C@]1(O)CC[C@H]2[C@]34C=C[C@@]5(C=C3C(=O)c3ccccc3-c3ccccc3)CC(O)CC[C@]5(C)[C@H]4CC[C@@]21C)C(=O)Nc1ccccc1. The minimum Gasteiger partial charge on any atom is -0.393 e. The first kappa shape index (κ1) is 36.0. The third kappa shape index (κ3) is 5.48. The number of aliphatic hydroxyl groups excluding tert-OH is 1. The molecule has 0 radical (unpaired) electrons. The third-order valence-corrected chi connectivity index (χ3v) is 14.8. The zero-order valence-electron chi connectivity index (χ0n) is 31.4. The summed E-state index contributed by atoms with van der Waals surface area (Å²) < 4.78 is 5.37. The van der Waals surface area contributed by atoms with Crippen LogP contribution in [0.4, 0.5) is 10.5 Å². The molecule has 9 rings (SSSR count). The van der Waals surface area contributed by atoms with Gasteiger partial charge < -0.3 is 25.2 Å². The van der Waals surface area contributed by atoms with Gasteiger partial charge >= 0.3 is 6.03 Å². The maximum absolute atomic E-state index is 15.4. The lowest BCUT2D eigenvalue weighted by Gasteiger charge is -2.71. The molecule has 3 N–H and O–H groups in total. The van der Waals surface area contributed by atoms with Crippen LogP contribution < -0.4 is 5.32 Å². The van der Waals surface area contributed by atoms with Gasteiger partial charge in [0.25, 0.3) is 0 Å². The van der Waals surface area contributed by atoms with Crippen molar-refractivity contribution in [3.63, 3.8) is 0 Å². The molecule has 2 spiro atoms. The zero-order chi connectivity index (χ0) is 37.1. The zero-order valence-corrected chi connectivity index (χ0v) is 31.4. The quantitative estimate of drug-likeness (QED) is 0.111. The number of nitrogens with zero attached hydrogens (tertiary/aromatic N) is 1. The van der Waals surface area contributed by atoms with Crippen LogP contribution >= 0.6 is 0 Å². The van der Waals surface area contributed by atoms with E-state index in [1.54, 1.807) is 12.0 Å². The predicted octanol–water partition coefficient (Wildman–Crippen LogP) is 8.70. The molecule has 3 aromatic rings. The van der Waals surface area contributed by atoms with Gasteiger partial charge in [0, 0.05) is 53.3 Å². The highest BCUT2D eigenvalue weighted by molar-refractivity contribution is 6.14. The van der Waals surface area contributed by atoms with E-state index < -0.39 is 27.9 Å². The van der Waals surface area contributed by atoms with Crippen LogP contribution in [0.25, 0.3) is 11.1 Å². The smallest absolute Gasteiger partial charge is 0.321 e. The number of Topliss-reactive ketones (excluding diaryl/α,β-unsaturated/α-hetero) is 1. The molecule has 8 atom stereocenters. The molecule has 3 fully saturated rings. The number of nitrogens with one attached hydrogen (secondary N) is 1. The molecule has 0 saturated heterocycles. The summed E-state index contributed by atoms with van der Waals surface area (Å²) in [7, 11) is 1.66. The lowest BCUT2D eigenvalue weighted by atomic mass is 9.32. The van der Waals surface area contributed by atoms with Crippen LogP contribution in [0.2, 0.25) is 0 Å². The molecule has 3 aromatic carbocycles. The second-order valence-corrected chi connectivity index (χ2v) is 17.1. The third-order valence-electron chi connectivity index (χ3n) is 14.8. The molecular weight excluding hydrogens is 661 g/mol. The van der Waals surface area contributed by atoms with Crippen LogP contribution in [-0.2, 0) is 4.74 Å². The van der Waals surface area contributed by atoms with Gasteiger partial charge in [-0.3, -0.25) is 4.79 Å². The summed E-state index contributed by atoms with van der Waals surface area (Å²) >= 11 is 0. The first-order chi connectivity index (χ1) is 25.5. The van der Waals surface area contributed by atoms with Crippen molar-refractivity contribution < 1.29 is 24.5 Å². The number of methoxy groups -OCH3 is 1. The van der Waals surface area contributed by atoms with Crippen LogP contribution in [0.3, 0.4) is 0 Å². The number of hydrogen-bond donors (Lipinski definition) is 3. The van der Waals surface area contributed by atoms with E-state index in [2.05, 4.69) is 49.5 Å². The van der Waals surface area contributed by atoms with E-state index >= 15 is 4.79 Å². The first-order valence-electron chi connectivity index (χ1n) is 19.6. The van der Waals surface area contributed by atoms with E-state index in [1.807, 2.05) is 72.8 Å². The van der Waals surface area contributed by atoms with Gasteiger partial charge in [-0.1, -0.05) is 105 Å². The van der Waals surface area contributed by atoms with E-state index in [4.69, 9.17) is 4.74 Å². The highest BCUT2D eigenvalue weighted by atomic mass is 16.5. The molecule has 2 amide bonds. The summed E-state index contributed by atoms with van der Waals surface area (Å²) in [5, 5.41) is 27.3. The summed E-state index contributed by atoms with van der Waals surface area (Å²) in [6.45, 7) is 5.80. The second-order valence-electron chi connectivity index (χ2n) is 17.1. The van der Waals surface area contributed by atoms with Crippen molar-refractivity contribution in [2.45, 2.75) is 76.9 Å². The van der Waals surface area contributed by atoms with Crippen molar-refractivity contribution in [1.29, 1.82) is 0 Å². The number of carbonyl (C=O) groups excluding carboxylic acids is 2. The minimum absolute atomic E-state index is 0.0194. The Hall–Kier alpha value is -4.04. The molecule has 2 bridgehead atoms. The van der Waals surface area contributed by atoms with E-state index in [-0.39, 0.29) is 35.6 Å². The fourth-order valence-electron chi connectivity index (χ4n) is 12.0. The van der Waals surface area contributed by atoms with Crippen molar-refractivity contribution in [1.82, 2.24) is 4.90 Å². The number of urea groups is 1. The molecule has 1 unspecified atom stereocenters. The topological polar surface area (TPSA) is 99.1 Å². The Bertz CT molecular complexity index is 1930. The molecule has 3 saturated carbocycles. The van der Waals surface area contributed by atoms with Gasteiger partial charge in [-0.25, -0.2) is 4.79 Å². The van der Waals surface area contributed by atoms with Gasteiger partial charge in [0.05, 0.1) is 18.2 Å². The summed E-state index contributed by atoms with van der Waals surface area (Å²) in [5.41, 5.74) is 1.28. The number of ketones is 1. The first-order valence-corrected chi connectivity index (χ1v) is 19.6. The van der Waals surface area contributed by atoms with E-state index in [0.717, 1.165) is 48.8 Å². The molecule has 0 aromatic heterocycles. The molecule has 53 heavy (non-hydrogen) atoms. The number of allylic oxidation sites excluding steroid dienone is 4. The Morgan fingerprint density at radius 3 is 2.26 bits per heavy atom. The van der Waals surface area contributed by atoms with Crippen LogP contribution in [0.15, 0.2) is 109 Å². The number of fused-ring (bicyclic) bond motifs is 1. The number of carbonyl (C=O) groups is 2. The fourth-order valence-corrected chi connectivity index (χ4v) is 12.0. The lowest BCUT2D eigenvalue weighted by molar-refractivity contribution is -0.174. The minimum atomic E-state index is -1.17. The summed E-state index contributed by atoms with van der Waals surface area (Å²) in [6, 6.07) is 27.3. The predicted molar refractivity (Wildman–Crippen MR) is 208 cm³/mol. The van der Waals surface area contributed by atoms with Gasteiger partial charge in [-0.15, -0.1) is 0 Å². The van der Waals surface area contributed by atoms with Crippen LogP contribution in [0.1, 0.15) is 75.6 Å². The number of amides is 2. The van der Waals surface area contributed by atoms with Crippen molar-refractivity contribution in [3.8, 4) is 11.1 Å². The van der Waals surface area contributed by atoms with E-state index in [0.29, 0.717) is 43.7 Å². The van der Waals surface area contributed by atoms with Crippen molar-refractivity contribution >= 4 is 17.5 Å². The number of rotatable bonds is 10. The van der Waals surface area contributed by atoms with Gasteiger partial charge in [0.2, 0.25) is 0 Å². The van der Waals surface area contributed by atoms with Gasteiger partial charge in [-0.05, 0) is 91.9 Å². The number of benzene rings is 3. The molecule has 0 heterocycles. The number of ether oxygens (including phenoxy) is 1. The molecule has 7 heteroatoms. The molecule has 278 valence electrons. The Labute approximate surface area is 314 Å². The second kappa shape index (κ2) is 13.4. The van der Waals surface area contributed by atoms with Gasteiger partial charge in [0.15, 0.2) is 5.78 Å². The maximum Gasteiger partial charge on any atom is 0.321 e. The average Bonchev–Trinajstić information content (AvgIpc) is 3.44. The highest BCUT2D eigenvalue weighted by Gasteiger charge is 2.74. The van der Waals surface area contributed by atoms with E-state index in [1.165, 1.54) is 0 Å². The standard InChI is InChI=1S/C46H54N2O5/c1-42-22-19-34(49)29-44(42)25-26-46(37(30-44)40(50)36-18-11-10-17-35(36)32-13-6-4-7-14-32)38(42)20-23-43(2)39(46)21-24-45(43,52)31-48(27-12-28-53-3)41(51)47-33-15-8-5-9-16-33/h4-11,13-18,25-26,30,34,38-39,49,52H,12,19-24,27-29,31H2,1-3H3,(H,47,51)/t34?,38-,39-,42-,43+,44+,45-,46-/m1/s1. The van der Waals surface area contributed by atoms with Crippen LogP contribution in [0.5, 0.6) is 0 Å². The Kier molecular flexibility index (Phi) is 9.07. The summed E-state index contributed by atoms with van der Waals surface area (Å²) in [4.78, 5) is 31.1. The Morgan fingerprint density at radius 2 is 1.51 bits per heavy atom. The van der Waals surface area contributed by atoms with Crippen molar-refractivity contribution in [2.75, 3.05) is 32.1 Å². The highest BCUT2D eigenvalue weighted by Crippen LogP contribution is 2.78. The fraction of sp³-hybridized carbons (Fsp3) is 0.478. The van der Waals surface area contributed by atoms with Crippen molar-refractivity contribution in [2.24, 2.45) is 33.5 Å². The van der Waals surface area contributed by atoms with Crippen LogP contribution in [0, 0.1) is 33.5 Å². The number of hydrogen-bond acceptors (Lipinski definition) is 5. The maximum atomic E-state index is 15.4. The monoisotopic (exact) mass is 714 g/mol. The number of aliphatic hydroxyl groups is 2. The lowest BCUT2D eigenvalue weighted by Crippen LogP contribution is -2.67. The molecule has 0 aliphatic heterocycles. The Balaban J connectivity index is 1.21. The molecule has 7 nitrogen and oxygen atoms in total. The Morgan fingerprint density at radius 1 is 0.849 bits per heavy atom. The molecule has 6 aliphatic rings. The number of para-hydroxylation sites is 1. The van der Waals surface area contributed by atoms with Gasteiger partial charge in [0.1, 0.15) is 0 Å². The molecule has 6 aliphatic carbocycles. The number of anilines is 1.